The SMILES string of the molecule is CC(C)c1ccc([C@@]2(C)NC(=O)N(CC(=O)N(C)Cc3ccc(F)cc3)C2=O)cc1. The Labute approximate surface area is 175 Å². The Hall–Kier alpha value is -3.22. The average molecular weight is 411 g/mol. The number of nitrogens with one attached hydrogen (secondary N) is 1. The van der Waals surface area contributed by atoms with Gasteiger partial charge in [-0.1, -0.05) is 50.2 Å². The number of imide groups is 1. The first-order valence-corrected chi connectivity index (χ1v) is 9.85. The molecule has 0 aromatic heterocycles. The number of hydrogen-bond acceptors (Lipinski definition) is 3. The number of amides is 4. The third-order valence-electron chi connectivity index (χ3n) is 5.48. The molecule has 1 atom stereocenters. The minimum atomic E-state index is -1.22. The fourth-order valence-corrected chi connectivity index (χ4v) is 3.45. The van der Waals surface area contributed by atoms with E-state index in [1.54, 1.807) is 26.1 Å². The van der Waals surface area contributed by atoms with E-state index in [9.17, 15) is 18.8 Å². The van der Waals surface area contributed by atoms with Gasteiger partial charge in [0.2, 0.25) is 5.91 Å². The summed E-state index contributed by atoms with van der Waals surface area (Å²) in [5.74, 6) is -0.852. The summed E-state index contributed by atoms with van der Waals surface area (Å²) in [6.07, 6.45) is 0. The smallest absolute Gasteiger partial charge is 0.325 e. The fourth-order valence-electron chi connectivity index (χ4n) is 3.45. The number of likely N-dealkylation sites (N-methyl/N-ethyl adjacent to an activating group) is 1. The first kappa shape index (κ1) is 21.5. The molecule has 1 heterocycles. The maximum absolute atomic E-state index is 13.0. The van der Waals surface area contributed by atoms with Crippen molar-refractivity contribution in [3.8, 4) is 0 Å². The highest BCUT2D eigenvalue weighted by molar-refractivity contribution is 6.09. The Bertz CT molecular complexity index is 957. The third-order valence-corrected chi connectivity index (χ3v) is 5.48. The lowest BCUT2D eigenvalue weighted by Gasteiger charge is -2.24. The summed E-state index contributed by atoms with van der Waals surface area (Å²) in [5, 5.41) is 2.72. The number of nitrogens with zero attached hydrogens (tertiary/aromatic N) is 2. The van der Waals surface area contributed by atoms with Crippen LogP contribution >= 0.6 is 0 Å². The summed E-state index contributed by atoms with van der Waals surface area (Å²) in [6, 6.07) is 12.8. The van der Waals surface area contributed by atoms with Gasteiger partial charge in [0.05, 0.1) is 0 Å². The molecule has 1 fully saturated rings. The van der Waals surface area contributed by atoms with E-state index in [4.69, 9.17) is 0 Å². The third kappa shape index (κ3) is 4.20. The lowest BCUT2D eigenvalue weighted by atomic mass is 9.90. The highest BCUT2D eigenvalue weighted by Crippen LogP contribution is 2.30. The number of urea groups is 1. The maximum Gasteiger partial charge on any atom is 0.325 e. The lowest BCUT2D eigenvalue weighted by Crippen LogP contribution is -2.43. The Balaban J connectivity index is 1.70. The minimum absolute atomic E-state index is 0.247. The first-order chi connectivity index (χ1) is 14.1. The molecule has 0 spiro atoms. The first-order valence-electron chi connectivity index (χ1n) is 9.85. The largest absolute Gasteiger partial charge is 0.340 e. The average Bonchev–Trinajstić information content (AvgIpc) is 2.93. The van der Waals surface area contributed by atoms with Crippen molar-refractivity contribution in [2.24, 2.45) is 0 Å². The molecular weight excluding hydrogens is 385 g/mol. The van der Waals surface area contributed by atoms with Gasteiger partial charge in [-0.25, -0.2) is 9.18 Å². The van der Waals surface area contributed by atoms with Gasteiger partial charge >= 0.3 is 6.03 Å². The van der Waals surface area contributed by atoms with Crippen LogP contribution in [0.15, 0.2) is 48.5 Å². The molecule has 158 valence electrons. The summed E-state index contributed by atoms with van der Waals surface area (Å²) in [5.41, 5.74) is 1.33. The highest BCUT2D eigenvalue weighted by atomic mass is 19.1. The second-order valence-electron chi connectivity index (χ2n) is 8.10. The van der Waals surface area contributed by atoms with Crippen molar-refractivity contribution in [3.05, 3.63) is 71.0 Å². The van der Waals surface area contributed by atoms with Crippen LogP contribution in [0.4, 0.5) is 9.18 Å². The van der Waals surface area contributed by atoms with Crippen LogP contribution in [0, 0.1) is 5.82 Å². The van der Waals surface area contributed by atoms with Crippen LogP contribution in [0.3, 0.4) is 0 Å². The molecule has 1 saturated heterocycles. The number of rotatable bonds is 6. The summed E-state index contributed by atoms with van der Waals surface area (Å²) in [6.45, 7) is 5.69. The molecule has 7 heteroatoms. The zero-order valence-corrected chi connectivity index (χ0v) is 17.6. The normalized spacial score (nSPS) is 18.7. The Kier molecular flexibility index (Phi) is 5.92. The van der Waals surface area contributed by atoms with E-state index in [-0.39, 0.29) is 24.8 Å². The van der Waals surface area contributed by atoms with Crippen LogP contribution in [0.5, 0.6) is 0 Å². The lowest BCUT2D eigenvalue weighted by molar-refractivity contribution is -0.138. The van der Waals surface area contributed by atoms with Crippen LogP contribution in [0.25, 0.3) is 0 Å². The molecule has 2 aromatic rings. The van der Waals surface area contributed by atoms with Crippen LogP contribution in [0.2, 0.25) is 0 Å². The predicted octanol–water partition coefficient (Wildman–Crippen LogP) is 3.37. The molecule has 1 aliphatic rings. The molecule has 4 amide bonds. The molecular formula is C23H26FN3O3. The van der Waals surface area contributed by atoms with Crippen molar-refractivity contribution >= 4 is 17.8 Å². The number of hydrogen-bond donors (Lipinski definition) is 1. The zero-order valence-electron chi connectivity index (χ0n) is 17.6. The molecule has 6 nitrogen and oxygen atoms in total. The molecule has 0 aliphatic carbocycles. The van der Waals surface area contributed by atoms with E-state index < -0.39 is 17.5 Å². The Morgan fingerprint density at radius 2 is 1.70 bits per heavy atom. The zero-order chi connectivity index (χ0) is 22.1. The van der Waals surface area contributed by atoms with E-state index >= 15 is 0 Å². The van der Waals surface area contributed by atoms with Crippen molar-refractivity contribution < 1.29 is 18.8 Å². The summed E-state index contributed by atoms with van der Waals surface area (Å²) >= 11 is 0. The predicted molar refractivity (Wildman–Crippen MR) is 111 cm³/mol. The van der Waals surface area contributed by atoms with Gasteiger partial charge < -0.3 is 10.2 Å². The van der Waals surface area contributed by atoms with Crippen molar-refractivity contribution in [3.63, 3.8) is 0 Å². The van der Waals surface area contributed by atoms with E-state index in [0.717, 1.165) is 16.0 Å². The molecule has 0 bridgehead atoms. The molecule has 0 radical (unpaired) electrons. The second-order valence-corrected chi connectivity index (χ2v) is 8.10. The summed E-state index contributed by atoms with van der Waals surface area (Å²) < 4.78 is 13.0. The van der Waals surface area contributed by atoms with Gasteiger partial charge in [-0.05, 0) is 41.7 Å². The van der Waals surface area contributed by atoms with Crippen molar-refractivity contribution in [2.45, 2.75) is 38.8 Å². The summed E-state index contributed by atoms with van der Waals surface area (Å²) in [7, 11) is 1.58. The molecule has 2 aromatic carbocycles. The van der Waals surface area contributed by atoms with Gasteiger partial charge in [-0.15, -0.1) is 0 Å². The summed E-state index contributed by atoms with van der Waals surface area (Å²) in [4.78, 5) is 40.5. The molecule has 0 saturated carbocycles. The molecule has 3 rings (SSSR count). The van der Waals surface area contributed by atoms with Crippen LogP contribution in [0.1, 0.15) is 43.4 Å². The van der Waals surface area contributed by atoms with Crippen LogP contribution in [-0.4, -0.2) is 41.2 Å². The van der Waals surface area contributed by atoms with Crippen molar-refractivity contribution in [1.29, 1.82) is 0 Å². The van der Waals surface area contributed by atoms with Gasteiger partial charge in [0.15, 0.2) is 0 Å². The Morgan fingerprint density at radius 1 is 1.10 bits per heavy atom. The Morgan fingerprint density at radius 3 is 2.27 bits per heavy atom. The van der Waals surface area contributed by atoms with Crippen molar-refractivity contribution in [1.82, 2.24) is 15.1 Å². The van der Waals surface area contributed by atoms with E-state index in [0.29, 0.717) is 11.5 Å². The van der Waals surface area contributed by atoms with Gasteiger partial charge in [0.25, 0.3) is 5.91 Å². The molecule has 1 aliphatic heterocycles. The van der Waals surface area contributed by atoms with E-state index in [2.05, 4.69) is 19.2 Å². The number of carbonyl (C=O) groups is 3. The van der Waals surface area contributed by atoms with Gasteiger partial charge in [0.1, 0.15) is 17.9 Å². The molecule has 1 N–H and O–H groups in total. The number of carbonyl (C=O) groups excluding carboxylic acids is 3. The fraction of sp³-hybridized carbons (Fsp3) is 0.348. The monoisotopic (exact) mass is 411 g/mol. The topological polar surface area (TPSA) is 69.7 Å². The van der Waals surface area contributed by atoms with Gasteiger partial charge in [0, 0.05) is 13.6 Å². The van der Waals surface area contributed by atoms with Crippen molar-refractivity contribution in [2.75, 3.05) is 13.6 Å². The number of halogens is 1. The molecule has 30 heavy (non-hydrogen) atoms. The maximum atomic E-state index is 13.0. The molecule has 0 unspecified atom stereocenters. The quantitative estimate of drug-likeness (QED) is 0.741. The van der Waals surface area contributed by atoms with Gasteiger partial charge in [-0.2, -0.15) is 0 Å². The van der Waals surface area contributed by atoms with Crippen LogP contribution in [-0.2, 0) is 21.7 Å². The van der Waals surface area contributed by atoms with Gasteiger partial charge in [-0.3, -0.25) is 14.5 Å². The second kappa shape index (κ2) is 8.26. The highest BCUT2D eigenvalue weighted by Gasteiger charge is 2.49. The standard InChI is InChI=1S/C23H26FN3O3/c1-15(2)17-7-9-18(10-8-17)23(3)21(29)27(22(30)25-23)14-20(28)26(4)13-16-5-11-19(24)12-6-16/h5-12,15H,13-14H2,1-4H3,(H,25,30)/t23-/m1/s1. The van der Waals surface area contributed by atoms with E-state index in [1.807, 2.05) is 24.3 Å². The van der Waals surface area contributed by atoms with Crippen LogP contribution < -0.4 is 5.32 Å². The number of benzene rings is 2. The van der Waals surface area contributed by atoms with E-state index in [1.165, 1.54) is 17.0 Å². The minimum Gasteiger partial charge on any atom is -0.340 e.